The predicted octanol–water partition coefficient (Wildman–Crippen LogP) is 1.94. The minimum absolute atomic E-state index is 0.288. The van der Waals surface area contributed by atoms with Crippen molar-refractivity contribution in [1.82, 2.24) is 4.31 Å². The Bertz CT molecular complexity index is 835. The molecule has 1 heterocycles. The normalized spacial score (nSPS) is 16.5. The van der Waals surface area contributed by atoms with E-state index in [0.29, 0.717) is 25.4 Å². The molecule has 0 aromatic heterocycles. The summed E-state index contributed by atoms with van der Waals surface area (Å²) in [5.41, 5.74) is 1.29. The van der Waals surface area contributed by atoms with Crippen LogP contribution in [0.5, 0.6) is 5.75 Å². The molecule has 26 heavy (non-hydrogen) atoms. The fraction of sp³-hybridized carbons (Fsp3) is 0.368. The van der Waals surface area contributed by atoms with Gasteiger partial charge in [0.05, 0.1) is 42.2 Å². The van der Waals surface area contributed by atoms with Crippen LogP contribution < -0.4 is 9.64 Å². The third-order valence-electron chi connectivity index (χ3n) is 4.57. The molecule has 1 fully saturated rings. The van der Waals surface area contributed by atoms with E-state index >= 15 is 0 Å². The second kappa shape index (κ2) is 8.52. The largest absolute Gasteiger partial charge is 0.493 e. The summed E-state index contributed by atoms with van der Waals surface area (Å²) in [4.78, 5) is 1.70. The highest BCUT2D eigenvalue weighted by Crippen LogP contribution is 2.29. The second-order valence-electron chi connectivity index (χ2n) is 6.34. The van der Waals surface area contributed by atoms with E-state index in [9.17, 15) is 8.42 Å². The highest BCUT2D eigenvalue weighted by atomic mass is 79.9. The van der Waals surface area contributed by atoms with Crippen molar-refractivity contribution in [3.63, 3.8) is 0 Å². The van der Waals surface area contributed by atoms with Gasteiger partial charge >= 0.3 is 0 Å². The van der Waals surface area contributed by atoms with E-state index in [-0.39, 0.29) is 4.90 Å². The fourth-order valence-electron chi connectivity index (χ4n) is 3.16. The van der Waals surface area contributed by atoms with Gasteiger partial charge in [0.15, 0.2) is 0 Å². The van der Waals surface area contributed by atoms with Gasteiger partial charge in [0.1, 0.15) is 12.3 Å². The van der Waals surface area contributed by atoms with Crippen LogP contribution in [0.2, 0.25) is 0 Å². The molecule has 0 saturated carbocycles. The quantitative estimate of drug-likeness (QED) is 0.747. The molecule has 2 aromatic rings. The minimum atomic E-state index is -3.50. The lowest BCUT2D eigenvalue weighted by Crippen LogP contribution is -3.13. The summed E-state index contributed by atoms with van der Waals surface area (Å²) >= 11 is 3.40. The van der Waals surface area contributed by atoms with E-state index in [0.717, 1.165) is 24.1 Å². The number of piperazine rings is 1. The van der Waals surface area contributed by atoms with E-state index in [1.165, 1.54) is 10.5 Å². The van der Waals surface area contributed by atoms with Crippen LogP contribution in [0.4, 0.5) is 0 Å². The molecular formula is C19H24BrN2O3S+. The second-order valence-corrected chi connectivity index (χ2v) is 9.13. The monoisotopic (exact) mass is 439 g/mol. The third-order valence-corrected chi connectivity index (χ3v) is 7.12. The van der Waals surface area contributed by atoms with E-state index in [1.807, 2.05) is 25.1 Å². The molecule has 140 valence electrons. The molecule has 0 aliphatic carbocycles. The SMILES string of the molecule is CCOc1cc(S(=O)(=O)N2CC[NH+](Cc3ccccc3)CC2)ccc1Br. The average Bonchev–Trinajstić information content (AvgIpc) is 2.65. The first-order valence-electron chi connectivity index (χ1n) is 8.80. The van der Waals surface area contributed by atoms with Gasteiger partial charge in [-0.3, -0.25) is 0 Å². The molecule has 1 saturated heterocycles. The molecule has 0 unspecified atom stereocenters. The van der Waals surface area contributed by atoms with E-state index in [1.54, 1.807) is 22.5 Å². The van der Waals surface area contributed by atoms with Crippen LogP contribution in [-0.4, -0.2) is 45.5 Å². The lowest BCUT2D eigenvalue weighted by atomic mass is 10.2. The summed E-state index contributed by atoms with van der Waals surface area (Å²) in [5, 5.41) is 0. The summed E-state index contributed by atoms with van der Waals surface area (Å²) in [6.45, 7) is 5.98. The number of ether oxygens (including phenoxy) is 1. The molecule has 7 heteroatoms. The lowest BCUT2D eigenvalue weighted by Gasteiger charge is -2.31. The number of halogens is 1. The van der Waals surface area contributed by atoms with E-state index in [4.69, 9.17) is 4.74 Å². The van der Waals surface area contributed by atoms with Gasteiger partial charge in [-0.2, -0.15) is 4.31 Å². The van der Waals surface area contributed by atoms with Crippen LogP contribution in [0.3, 0.4) is 0 Å². The molecule has 1 aliphatic rings. The van der Waals surface area contributed by atoms with E-state index < -0.39 is 10.0 Å². The maximum Gasteiger partial charge on any atom is 0.243 e. The minimum Gasteiger partial charge on any atom is -0.493 e. The molecule has 1 N–H and O–H groups in total. The number of hydrogen-bond acceptors (Lipinski definition) is 3. The number of quaternary nitrogens is 1. The summed E-state index contributed by atoms with van der Waals surface area (Å²) in [5.74, 6) is 0.557. The Morgan fingerprint density at radius 3 is 2.46 bits per heavy atom. The van der Waals surface area contributed by atoms with Crippen molar-refractivity contribution in [3.05, 3.63) is 58.6 Å². The van der Waals surface area contributed by atoms with Crippen molar-refractivity contribution in [3.8, 4) is 5.75 Å². The van der Waals surface area contributed by atoms with Gasteiger partial charge in [-0.05, 0) is 35.0 Å². The molecule has 1 aliphatic heterocycles. The molecule has 0 radical (unpaired) electrons. The molecule has 3 rings (SSSR count). The van der Waals surface area contributed by atoms with Crippen molar-refractivity contribution in [2.75, 3.05) is 32.8 Å². The van der Waals surface area contributed by atoms with Crippen molar-refractivity contribution in [1.29, 1.82) is 0 Å². The van der Waals surface area contributed by atoms with Crippen molar-refractivity contribution in [2.45, 2.75) is 18.4 Å². The van der Waals surface area contributed by atoms with Crippen LogP contribution in [0.15, 0.2) is 57.9 Å². The van der Waals surface area contributed by atoms with Crippen LogP contribution >= 0.6 is 15.9 Å². The summed E-state index contributed by atoms with van der Waals surface area (Å²) in [6.07, 6.45) is 0. The molecule has 0 atom stereocenters. The topological polar surface area (TPSA) is 51.1 Å². The average molecular weight is 440 g/mol. The smallest absolute Gasteiger partial charge is 0.243 e. The summed E-state index contributed by atoms with van der Waals surface area (Å²) in [6, 6.07) is 15.3. The standard InChI is InChI=1S/C19H23BrN2O3S/c1-2-25-19-14-17(8-9-18(19)20)26(23,24)22-12-10-21(11-13-22)15-16-6-4-3-5-7-16/h3-9,14H,2,10-13,15H2,1H3/p+1. The lowest BCUT2D eigenvalue weighted by molar-refractivity contribution is -0.917. The third kappa shape index (κ3) is 4.46. The number of nitrogens with one attached hydrogen (secondary N) is 1. The Balaban J connectivity index is 1.67. The zero-order valence-corrected chi connectivity index (χ0v) is 17.2. The van der Waals surface area contributed by atoms with Crippen LogP contribution in [0, 0.1) is 0 Å². The van der Waals surface area contributed by atoms with Crippen LogP contribution in [0.1, 0.15) is 12.5 Å². The first-order chi connectivity index (χ1) is 12.5. The van der Waals surface area contributed by atoms with Gasteiger partial charge in [-0.25, -0.2) is 8.42 Å². The van der Waals surface area contributed by atoms with Gasteiger partial charge < -0.3 is 9.64 Å². The van der Waals surface area contributed by atoms with Gasteiger partial charge in [0, 0.05) is 11.6 Å². The van der Waals surface area contributed by atoms with E-state index in [2.05, 4.69) is 28.1 Å². The van der Waals surface area contributed by atoms with Crippen LogP contribution in [0.25, 0.3) is 0 Å². The Morgan fingerprint density at radius 1 is 1.12 bits per heavy atom. The van der Waals surface area contributed by atoms with Crippen molar-refractivity contribution < 1.29 is 18.1 Å². The molecule has 2 aromatic carbocycles. The first kappa shape index (κ1) is 19.4. The Kier molecular flexibility index (Phi) is 6.34. The highest BCUT2D eigenvalue weighted by Gasteiger charge is 2.30. The van der Waals surface area contributed by atoms with Crippen LogP contribution in [-0.2, 0) is 16.6 Å². The number of sulfonamides is 1. The maximum atomic E-state index is 13.0. The van der Waals surface area contributed by atoms with Gasteiger partial charge in [-0.1, -0.05) is 30.3 Å². The number of rotatable bonds is 6. The van der Waals surface area contributed by atoms with Gasteiger partial charge in [0.2, 0.25) is 10.0 Å². The Morgan fingerprint density at radius 2 is 1.81 bits per heavy atom. The highest BCUT2D eigenvalue weighted by molar-refractivity contribution is 9.10. The van der Waals surface area contributed by atoms with Gasteiger partial charge in [0.25, 0.3) is 0 Å². The number of nitrogens with zero attached hydrogens (tertiary/aromatic N) is 1. The maximum absolute atomic E-state index is 13.0. The summed E-state index contributed by atoms with van der Waals surface area (Å²) < 4.78 is 33.8. The molecule has 0 amide bonds. The zero-order chi connectivity index (χ0) is 18.6. The molecular weight excluding hydrogens is 416 g/mol. The molecule has 0 spiro atoms. The molecule has 0 bridgehead atoms. The van der Waals surface area contributed by atoms with Crippen molar-refractivity contribution in [2.24, 2.45) is 0 Å². The predicted molar refractivity (Wildman–Crippen MR) is 105 cm³/mol. The Labute approximate surface area is 163 Å². The summed E-state index contributed by atoms with van der Waals surface area (Å²) in [7, 11) is -3.50. The Hall–Kier alpha value is -1.41. The number of benzene rings is 2. The zero-order valence-electron chi connectivity index (χ0n) is 14.8. The van der Waals surface area contributed by atoms with Gasteiger partial charge in [-0.15, -0.1) is 0 Å². The first-order valence-corrected chi connectivity index (χ1v) is 11.0. The fourth-order valence-corrected chi connectivity index (χ4v) is 4.98. The molecule has 5 nitrogen and oxygen atoms in total. The number of hydrogen-bond donors (Lipinski definition) is 1. The van der Waals surface area contributed by atoms with Crippen molar-refractivity contribution >= 4 is 26.0 Å².